The van der Waals surface area contributed by atoms with E-state index in [1.165, 1.54) is 6.92 Å². The van der Waals surface area contributed by atoms with Gasteiger partial charge in [-0.2, -0.15) is 0 Å². The Morgan fingerprint density at radius 1 is 1.20 bits per heavy atom. The molecule has 0 aromatic heterocycles. The number of ether oxygens (including phenoxy) is 1. The van der Waals surface area contributed by atoms with Gasteiger partial charge in [-0.15, -0.1) is 0 Å². The Balaban J connectivity index is 0.000000280. The second kappa shape index (κ2) is 12.4. The third kappa shape index (κ3) is 12.9. The Labute approximate surface area is 119 Å². The van der Waals surface area contributed by atoms with Crippen molar-refractivity contribution in [2.45, 2.75) is 38.7 Å². The van der Waals surface area contributed by atoms with Crippen LogP contribution in [0.25, 0.3) is 0 Å². The Bertz CT molecular complexity index is 327. The van der Waals surface area contributed by atoms with E-state index >= 15 is 0 Å². The number of esters is 1. The van der Waals surface area contributed by atoms with Crippen LogP contribution in [0.3, 0.4) is 0 Å². The molecule has 1 atom stereocenters. The minimum Gasteiger partial charge on any atom is -0.508 e. The van der Waals surface area contributed by atoms with Crippen LogP contribution in [-0.2, 0) is 9.53 Å². The van der Waals surface area contributed by atoms with Crippen molar-refractivity contribution < 1.29 is 24.9 Å². The summed E-state index contributed by atoms with van der Waals surface area (Å²) in [5, 5.41) is 24.6. The first-order valence-corrected chi connectivity index (χ1v) is 6.74. The number of carbonyl (C=O) groups is 1. The fraction of sp³-hybridized carbons (Fsp3) is 0.533. The fourth-order valence-corrected chi connectivity index (χ4v) is 1.23. The molecule has 1 unspecified atom stereocenters. The molecule has 1 aliphatic heterocycles. The second-order valence-corrected chi connectivity index (χ2v) is 4.40. The number of cyclic esters (lactones) is 1. The van der Waals surface area contributed by atoms with Crippen LogP contribution in [0, 0.1) is 0 Å². The van der Waals surface area contributed by atoms with Crippen molar-refractivity contribution in [3.05, 3.63) is 30.3 Å². The van der Waals surface area contributed by atoms with Gasteiger partial charge >= 0.3 is 5.97 Å². The van der Waals surface area contributed by atoms with E-state index in [0.717, 1.165) is 19.3 Å². The van der Waals surface area contributed by atoms with Crippen LogP contribution in [0.1, 0.15) is 32.6 Å². The first-order valence-electron chi connectivity index (χ1n) is 6.74. The summed E-state index contributed by atoms with van der Waals surface area (Å²) in [5.41, 5.74) is 0. The van der Waals surface area contributed by atoms with Crippen molar-refractivity contribution in [3.63, 3.8) is 0 Å². The third-order valence-electron chi connectivity index (χ3n) is 2.31. The number of aliphatic hydroxyl groups excluding tert-OH is 2. The van der Waals surface area contributed by atoms with Crippen LogP contribution in [0.4, 0.5) is 0 Å². The molecule has 0 amide bonds. The average Bonchev–Trinajstić information content (AvgIpc) is 2.69. The van der Waals surface area contributed by atoms with Gasteiger partial charge in [0.15, 0.2) is 0 Å². The molecule has 1 aliphatic rings. The molecule has 1 saturated heterocycles. The SMILES string of the molecule is CC(O)CO.O=C1CCCCCO1.Oc1ccccc1. The standard InChI is InChI=1S/C6H10O2.C6H6O.C3H8O2/c7-6-4-2-1-3-5-8-6;7-6-4-2-1-3-5-6;1-3(5)2-4/h1-5H2;1-5,7H;3-5H,2H2,1H3. The number of hydrogen-bond donors (Lipinski definition) is 3. The first-order chi connectivity index (χ1) is 9.56. The van der Waals surface area contributed by atoms with E-state index in [1.54, 1.807) is 24.3 Å². The number of phenols is 1. The van der Waals surface area contributed by atoms with E-state index < -0.39 is 6.10 Å². The largest absolute Gasteiger partial charge is 0.508 e. The quantitative estimate of drug-likeness (QED) is 0.685. The number of aromatic hydroxyl groups is 1. The molecule has 0 spiro atoms. The van der Waals surface area contributed by atoms with Gasteiger partial charge in [0.05, 0.1) is 19.3 Å². The van der Waals surface area contributed by atoms with E-state index in [-0.39, 0.29) is 12.6 Å². The lowest BCUT2D eigenvalue weighted by Gasteiger charge is -1.93. The molecule has 1 aromatic carbocycles. The molecule has 0 bridgehead atoms. The number of phenolic OH excluding ortho intramolecular Hbond substituents is 1. The van der Waals surface area contributed by atoms with Crippen LogP contribution in [0.5, 0.6) is 5.75 Å². The number of aliphatic hydroxyl groups is 2. The fourth-order valence-electron chi connectivity index (χ4n) is 1.23. The van der Waals surface area contributed by atoms with Crippen molar-refractivity contribution >= 4 is 5.97 Å². The summed E-state index contributed by atoms with van der Waals surface area (Å²) in [6.07, 6.45) is 3.27. The molecule has 0 saturated carbocycles. The second-order valence-electron chi connectivity index (χ2n) is 4.40. The molecule has 5 nitrogen and oxygen atoms in total. The molecule has 114 valence electrons. The van der Waals surface area contributed by atoms with Gasteiger partial charge in [-0.25, -0.2) is 0 Å². The summed E-state index contributed by atoms with van der Waals surface area (Å²) in [6.45, 7) is 2.03. The lowest BCUT2D eigenvalue weighted by Crippen LogP contribution is -2.03. The highest BCUT2D eigenvalue weighted by molar-refractivity contribution is 5.69. The van der Waals surface area contributed by atoms with Gasteiger partial charge in [0, 0.05) is 6.42 Å². The molecular formula is C15H24O5. The molecule has 1 aromatic rings. The van der Waals surface area contributed by atoms with Crippen LogP contribution in [-0.4, -0.2) is 40.6 Å². The number of para-hydroxylation sites is 1. The molecule has 0 aliphatic carbocycles. The smallest absolute Gasteiger partial charge is 0.305 e. The normalized spacial score (nSPS) is 15.4. The molecule has 1 heterocycles. The first kappa shape index (κ1) is 18.4. The van der Waals surface area contributed by atoms with Gasteiger partial charge in [-0.1, -0.05) is 18.2 Å². The molecule has 3 N–H and O–H groups in total. The minimum absolute atomic E-state index is 0.0255. The van der Waals surface area contributed by atoms with E-state index in [0.29, 0.717) is 18.8 Å². The summed E-state index contributed by atoms with van der Waals surface area (Å²) >= 11 is 0. The van der Waals surface area contributed by atoms with Crippen molar-refractivity contribution in [2.24, 2.45) is 0 Å². The zero-order valence-corrected chi connectivity index (χ0v) is 11.9. The Morgan fingerprint density at radius 2 is 1.80 bits per heavy atom. The highest BCUT2D eigenvalue weighted by Gasteiger charge is 2.05. The van der Waals surface area contributed by atoms with Gasteiger partial charge in [0.2, 0.25) is 0 Å². The van der Waals surface area contributed by atoms with Crippen molar-refractivity contribution in [1.29, 1.82) is 0 Å². The van der Waals surface area contributed by atoms with Crippen LogP contribution in [0.15, 0.2) is 30.3 Å². The summed E-state index contributed by atoms with van der Waals surface area (Å²) in [4.78, 5) is 10.5. The van der Waals surface area contributed by atoms with Crippen LogP contribution < -0.4 is 0 Å². The molecule has 1 fully saturated rings. The predicted molar refractivity (Wildman–Crippen MR) is 76.3 cm³/mol. The van der Waals surface area contributed by atoms with Crippen LogP contribution >= 0.6 is 0 Å². The van der Waals surface area contributed by atoms with Gasteiger partial charge in [-0.3, -0.25) is 4.79 Å². The van der Waals surface area contributed by atoms with Gasteiger partial charge < -0.3 is 20.1 Å². The number of benzene rings is 1. The minimum atomic E-state index is -0.560. The van der Waals surface area contributed by atoms with E-state index in [9.17, 15) is 4.79 Å². The van der Waals surface area contributed by atoms with Crippen molar-refractivity contribution in [3.8, 4) is 5.75 Å². The summed E-state index contributed by atoms with van der Waals surface area (Å²) in [5.74, 6) is 0.296. The van der Waals surface area contributed by atoms with E-state index in [1.807, 2.05) is 6.07 Å². The molecule has 2 rings (SSSR count). The Morgan fingerprint density at radius 3 is 2.25 bits per heavy atom. The van der Waals surface area contributed by atoms with Gasteiger partial charge in [-0.05, 0) is 38.3 Å². The lowest BCUT2D eigenvalue weighted by molar-refractivity contribution is -0.142. The maximum Gasteiger partial charge on any atom is 0.305 e. The van der Waals surface area contributed by atoms with E-state index in [2.05, 4.69) is 0 Å². The predicted octanol–water partition coefficient (Wildman–Crippen LogP) is 1.86. The Kier molecular flexibility index (Phi) is 11.5. The number of hydrogen-bond acceptors (Lipinski definition) is 5. The highest BCUT2D eigenvalue weighted by atomic mass is 16.5. The molecule has 0 radical (unpaired) electrons. The zero-order valence-electron chi connectivity index (χ0n) is 11.9. The maximum absolute atomic E-state index is 10.5. The van der Waals surface area contributed by atoms with Crippen LogP contribution in [0.2, 0.25) is 0 Å². The average molecular weight is 284 g/mol. The monoisotopic (exact) mass is 284 g/mol. The van der Waals surface area contributed by atoms with Gasteiger partial charge in [0.25, 0.3) is 0 Å². The lowest BCUT2D eigenvalue weighted by atomic mass is 10.2. The third-order valence-corrected chi connectivity index (χ3v) is 2.31. The highest BCUT2D eigenvalue weighted by Crippen LogP contribution is 2.06. The van der Waals surface area contributed by atoms with E-state index in [4.69, 9.17) is 20.1 Å². The molecular weight excluding hydrogens is 260 g/mol. The van der Waals surface area contributed by atoms with Crippen molar-refractivity contribution in [1.82, 2.24) is 0 Å². The zero-order chi connectivity index (χ0) is 15.2. The molecule has 5 heteroatoms. The summed E-state index contributed by atoms with van der Waals surface area (Å²) < 4.78 is 4.76. The summed E-state index contributed by atoms with van der Waals surface area (Å²) in [7, 11) is 0. The topological polar surface area (TPSA) is 87.0 Å². The Hall–Kier alpha value is -1.59. The molecule has 20 heavy (non-hydrogen) atoms. The maximum atomic E-state index is 10.5. The summed E-state index contributed by atoms with van der Waals surface area (Å²) in [6, 6.07) is 8.71. The van der Waals surface area contributed by atoms with Gasteiger partial charge in [0.1, 0.15) is 5.75 Å². The number of rotatable bonds is 1. The van der Waals surface area contributed by atoms with Crippen molar-refractivity contribution in [2.75, 3.05) is 13.2 Å². The number of carbonyl (C=O) groups excluding carboxylic acids is 1.